The van der Waals surface area contributed by atoms with Crippen LogP contribution in [-0.4, -0.2) is 29.9 Å². The largest absolute Gasteiger partial charge is 3.00 e. The predicted molar refractivity (Wildman–Crippen MR) is 352 cm³/mol. The Kier molecular flexibility index (Phi) is 21.2. The smallest absolute Gasteiger partial charge is 0.332 e. The maximum Gasteiger partial charge on any atom is 3.00 e. The average Bonchev–Trinajstić information content (AvgIpc) is 2.59. The average molecular weight is 1300 g/mol. The zero-order valence-corrected chi connectivity index (χ0v) is 50.6. The molecular formula is C80H52N6Rh2. The van der Waals surface area contributed by atoms with Crippen LogP contribution in [0.25, 0.3) is 127 Å². The molecule has 420 valence electrons. The molecule has 8 heteroatoms. The van der Waals surface area contributed by atoms with Gasteiger partial charge in [0.1, 0.15) is 0 Å². The minimum Gasteiger partial charge on any atom is -0.332 e. The molecule has 0 fully saturated rings. The molecule has 0 radical (unpaired) electrons. The normalized spacial score (nSPS) is 11.0. The van der Waals surface area contributed by atoms with Crippen LogP contribution in [0, 0.1) is 36.4 Å². The second kappa shape index (κ2) is 30.6. The molecule has 0 N–H and O–H groups in total. The summed E-state index contributed by atoms with van der Waals surface area (Å²) in [6.45, 7) is 0. The number of hydrogen-bond donors (Lipinski definition) is 0. The van der Waals surface area contributed by atoms with E-state index in [0.29, 0.717) is 5.82 Å². The molecule has 0 aliphatic carbocycles. The third-order valence-corrected chi connectivity index (χ3v) is 13.9. The molecule has 0 amide bonds. The summed E-state index contributed by atoms with van der Waals surface area (Å²) in [4.78, 5) is 27.8. The third kappa shape index (κ3) is 16.3. The molecule has 0 saturated carbocycles. The third-order valence-electron chi connectivity index (χ3n) is 13.9. The summed E-state index contributed by atoms with van der Waals surface area (Å²) in [6, 6.07) is 96.1. The van der Waals surface area contributed by atoms with Crippen molar-refractivity contribution in [1.29, 1.82) is 0 Å². The van der Waals surface area contributed by atoms with Gasteiger partial charge in [-0.2, -0.15) is 0 Å². The molecule has 0 spiro atoms. The van der Waals surface area contributed by atoms with Gasteiger partial charge in [0, 0.05) is 42.7 Å². The molecule has 5 aromatic heterocycles. The summed E-state index contributed by atoms with van der Waals surface area (Å²) in [6.07, 6.45) is 28.1. The minimum absolute atomic E-state index is 0. The van der Waals surface area contributed by atoms with Crippen LogP contribution in [-0.2, 0) is 39.0 Å². The van der Waals surface area contributed by atoms with E-state index < -0.39 is 0 Å². The molecule has 8 aromatic carbocycles. The van der Waals surface area contributed by atoms with Crippen molar-refractivity contribution in [2.75, 3.05) is 0 Å². The zero-order chi connectivity index (χ0) is 58.0. The fourth-order valence-electron chi connectivity index (χ4n) is 9.49. The SMILES string of the molecule is [Rh+3].[Rh+3].[c-]1ccc[c-]c1-c1ncc(-c2ccccc2-c2cc(/C=C\c3ccc(-c4[c-]cccc4)nc3)cc(/C=C\c3ccc(-c4[c-]cccc4)nc3)c2)cn1.[c-]1ccccc1-c1ccc(/C=C\c2cccc(/C=C\c3ccc(-c4[c-]cccc4)nc3)c2)cn1. The van der Waals surface area contributed by atoms with Gasteiger partial charge in [0.2, 0.25) is 0 Å². The van der Waals surface area contributed by atoms with Crippen LogP contribution in [0.2, 0.25) is 0 Å². The van der Waals surface area contributed by atoms with Crippen molar-refractivity contribution in [3.05, 3.63) is 349 Å². The van der Waals surface area contributed by atoms with Gasteiger partial charge in [-0.25, -0.2) is 23.8 Å². The summed E-state index contributed by atoms with van der Waals surface area (Å²) in [5.74, 6) is 0.593. The van der Waals surface area contributed by atoms with Crippen molar-refractivity contribution in [2.24, 2.45) is 0 Å². The Morgan fingerprint density at radius 3 is 0.920 bits per heavy atom. The van der Waals surface area contributed by atoms with Crippen LogP contribution in [0.3, 0.4) is 0 Å². The van der Waals surface area contributed by atoms with Gasteiger partial charge in [-0.1, -0.05) is 140 Å². The van der Waals surface area contributed by atoms with Crippen molar-refractivity contribution in [3.8, 4) is 78.7 Å². The molecule has 13 rings (SSSR count). The van der Waals surface area contributed by atoms with E-state index >= 15 is 0 Å². The van der Waals surface area contributed by atoms with Gasteiger partial charge in [0.05, 0.1) is 0 Å². The predicted octanol–water partition coefficient (Wildman–Crippen LogP) is 18.9. The summed E-state index contributed by atoms with van der Waals surface area (Å²) >= 11 is 0. The van der Waals surface area contributed by atoms with Crippen LogP contribution < -0.4 is 0 Å². The molecule has 6 nitrogen and oxygen atoms in total. The van der Waals surface area contributed by atoms with Crippen molar-refractivity contribution < 1.29 is 39.0 Å². The fourth-order valence-corrected chi connectivity index (χ4v) is 9.49. The Morgan fingerprint density at radius 2 is 0.568 bits per heavy atom. The second-order valence-corrected chi connectivity index (χ2v) is 19.9. The van der Waals surface area contributed by atoms with E-state index in [9.17, 15) is 0 Å². The Balaban J connectivity index is 0.000000207. The van der Waals surface area contributed by atoms with E-state index in [0.717, 1.165) is 117 Å². The monoisotopic (exact) mass is 1300 g/mol. The van der Waals surface area contributed by atoms with Crippen LogP contribution in [0.1, 0.15) is 44.5 Å². The molecule has 0 saturated heterocycles. The molecule has 0 aliphatic heterocycles. The quantitative estimate of drug-likeness (QED) is 0.0752. The van der Waals surface area contributed by atoms with E-state index in [1.165, 1.54) is 0 Å². The van der Waals surface area contributed by atoms with Crippen molar-refractivity contribution in [1.82, 2.24) is 29.9 Å². The van der Waals surface area contributed by atoms with Crippen LogP contribution in [0.4, 0.5) is 0 Å². The molecule has 0 aliphatic rings. The first-order valence-electron chi connectivity index (χ1n) is 28.1. The van der Waals surface area contributed by atoms with Crippen molar-refractivity contribution in [2.45, 2.75) is 0 Å². The van der Waals surface area contributed by atoms with E-state index in [1.54, 1.807) is 0 Å². The maximum absolute atomic E-state index is 4.69. The summed E-state index contributed by atoms with van der Waals surface area (Å²) in [5, 5.41) is 0. The summed E-state index contributed by atoms with van der Waals surface area (Å²) in [5.41, 5.74) is 21.0. The molecule has 13 aromatic rings. The van der Waals surface area contributed by atoms with Gasteiger partial charge in [0.25, 0.3) is 0 Å². The number of hydrogen-bond acceptors (Lipinski definition) is 6. The number of pyridine rings is 4. The molecule has 0 atom stereocenters. The summed E-state index contributed by atoms with van der Waals surface area (Å²) < 4.78 is 0. The van der Waals surface area contributed by atoms with Gasteiger partial charge in [-0.3, -0.25) is 12.1 Å². The first-order valence-corrected chi connectivity index (χ1v) is 28.1. The summed E-state index contributed by atoms with van der Waals surface area (Å²) in [7, 11) is 0. The zero-order valence-electron chi connectivity index (χ0n) is 47.4. The van der Waals surface area contributed by atoms with E-state index in [4.69, 9.17) is 0 Å². The maximum atomic E-state index is 4.69. The number of rotatable bonds is 15. The van der Waals surface area contributed by atoms with E-state index in [2.05, 4.69) is 200 Å². The molecular weight excluding hydrogens is 1250 g/mol. The Morgan fingerprint density at radius 1 is 0.239 bits per heavy atom. The second-order valence-electron chi connectivity index (χ2n) is 19.9. The van der Waals surface area contributed by atoms with Gasteiger partial charge in [-0.15, -0.1) is 144 Å². The van der Waals surface area contributed by atoms with Gasteiger partial charge < -0.3 is 29.9 Å². The van der Waals surface area contributed by atoms with Gasteiger partial charge >= 0.3 is 39.0 Å². The minimum atomic E-state index is 0. The van der Waals surface area contributed by atoms with Crippen LogP contribution in [0.15, 0.2) is 268 Å². The number of nitrogens with zero attached hydrogens (tertiary/aromatic N) is 6. The van der Waals surface area contributed by atoms with Crippen molar-refractivity contribution >= 4 is 48.6 Å². The molecule has 0 unspecified atom stereocenters. The van der Waals surface area contributed by atoms with Crippen LogP contribution >= 0.6 is 0 Å². The number of benzene rings is 8. The standard InChI is InChI=1S/C48H30N4.C32H22N2.2Rh/c1-4-12-39(13-5-1)46-26-24-35(31-49-46)20-22-37-28-38(23-21-36-25-27-47(50-32-36)40-14-6-2-7-15-40)30-42(29-37)44-18-10-11-19-45(44)43-33-51-48(52-34-43)41-16-8-3-9-17-41;1-3-10-29(11-4-1)31-20-18-27(23-33-31)16-14-25-8-7-9-26(22-25)15-17-28-19-21-32(34-24-28)30-12-5-2-6-13-30;;/h1-12,14,18-34H;1-10,12,14-24H;;/q-4;-2;2*+3/b22-20-,23-21-;16-14-,17-15-;;. The molecule has 88 heavy (non-hydrogen) atoms. The molecule has 0 bridgehead atoms. The van der Waals surface area contributed by atoms with E-state index in [-0.39, 0.29) is 39.0 Å². The van der Waals surface area contributed by atoms with Crippen molar-refractivity contribution in [3.63, 3.8) is 0 Å². The molecule has 5 heterocycles. The van der Waals surface area contributed by atoms with Gasteiger partial charge in [-0.05, 0) is 114 Å². The Labute approximate surface area is 540 Å². The number of aromatic nitrogens is 6. The Bertz CT molecular complexity index is 4210. The first kappa shape index (κ1) is 60.8. The fraction of sp³-hybridized carbons (Fsp3) is 0. The van der Waals surface area contributed by atoms with Crippen LogP contribution in [0.5, 0.6) is 0 Å². The Hall–Kier alpha value is -10.4. The van der Waals surface area contributed by atoms with Gasteiger partial charge in [0.15, 0.2) is 0 Å². The first-order chi connectivity index (χ1) is 42.6. The topological polar surface area (TPSA) is 77.3 Å². The van der Waals surface area contributed by atoms with E-state index in [1.807, 2.05) is 183 Å².